The first kappa shape index (κ1) is 14.4. The first-order chi connectivity index (χ1) is 10.2. The lowest BCUT2D eigenvalue weighted by molar-refractivity contribution is 0.282. The molecule has 3 nitrogen and oxygen atoms in total. The molecule has 1 heterocycles. The third-order valence-electron chi connectivity index (χ3n) is 3.00. The molecule has 21 heavy (non-hydrogen) atoms. The molecule has 1 atom stereocenters. The van der Waals surface area contributed by atoms with Gasteiger partial charge < -0.3 is 9.84 Å². The van der Waals surface area contributed by atoms with Crippen LogP contribution in [0.15, 0.2) is 48.5 Å². The molecule has 0 aliphatic heterocycles. The van der Waals surface area contributed by atoms with Crippen LogP contribution in [0, 0.1) is 0 Å². The van der Waals surface area contributed by atoms with Crippen LogP contribution in [0.5, 0.6) is 11.5 Å². The monoisotopic (exact) mass is 363 g/mol. The normalized spacial score (nSPS) is 12.4. The molecule has 0 bridgehead atoms. The van der Waals surface area contributed by atoms with Gasteiger partial charge in [-0.1, -0.05) is 18.2 Å². The van der Waals surface area contributed by atoms with Gasteiger partial charge in [0.1, 0.15) is 11.5 Å². The van der Waals surface area contributed by atoms with E-state index in [9.17, 15) is 5.11 Å². The van der Waals surface area contributed by atoms with Gasteiger partial charge in [-0.05, 0) is 40.2 Å². The summed E-state index contributed by atoms with van der Waals surface area (Å²) in [5, 5.41) is 10.4. The minimum Gasteiger partial charge on any atom is -0.508 e. The zero-order valence-corrected chi connectivity index (χ0v) is 13.6. The number of thiazole rings is 1. The smallest absolute Gasteiger partial charge is 0.153 e. The number of alkyl halides is 1. The number of ether oxygens (including phenoxy) is 1. The van der Waals surface area contributed by atoms with Crippen LogP contribution >= 0.6 is 27.3 Å². The van der Waals surface area contributed by atoms with E-state index in [1.165, 1.54) is 4.70 Å². The minimum atomic E-state index is -0.105. The number of rotatable bonds is 5. The molecule has 1 unspecified atom stereocenters. The lowest BCUT2D eigenvalue weighted by Gasteiger charge is -2.12. The van der Waals surface area contributed by atoms with Crippen molar-refractivity contribution in [2.45, 2.75) is 17.9 Å². The largest absolute Gasteiger partial charge is 0.508 e. The molecule has 0 aliphatic carbocycles. The number of fused-ring (bicyclic) bond motifs is 1. The molecule has 0 saturated carbocycles. The van der Waals surface area contributed by atoms with Gasteiger partial charge in [0.25, 0.3) is 0 Å². The van der Waals surface area contributed by atoms with Gasteiger partial charge >= 0.3 is 0 Å². The number of aromatic hydroxyl groups is 1. The summed E-state index contributed by atoms with van der Waals surface area (Å²) in [7, 11) is 0. The standard InChI is InChI=1S/C16H14BrNO2S/c17-15(20-12-5-3-4-11(19)10-12)8-9-16-18-13-6-1-2-7-14(13)21-16/h1-7,10,15,19H,8-9H2. The highest BCUT2D eigenvalue weighted by molar-refractivity contribution is 9.09. The lowest BCUT2D eigenvalue weighted by atomic mass is 10.3. The molecule has 3 rings (SSSR count). The summed E-state index contributed by atoms with van der Waals surface area (Å²) in [5.74, 6) is 0.861. The van der Waals surface area contributed by atoms with E-state index in [0.29, 0.717) is 5.75 Å². The molecule has 3 aromatic rings. The number of phenols is 1. The Kier molecular flexibility index (Phi) is 4.41. The topological polar surface area (TPSA) is 42.4 Å². The SMILES string of the molecule is Oc1cccc(OC(Br)CCc2nc3ccccc3s2)c1. The number of hydrogen-bond acceptors (Lipinski definition) is 4. The lowest BCUT2D eigenvalue weighted by Crippen LogP contribution is -2.09. The number of aryl methyl sites for hydroxylation is 1. The van der Waals surface area contributed by atoms with E-state index in [1.807, 2.05) is 24.3 Å². The molecule has 5 heteroatoms. The fraction of sp³-hybridized carbons (Fsp3) is 0.188. The summed E-state index contributed by atoms with van der Waals surface area (Å²) >= 11 is 5.23. The van der Waals surface area contributed by atoms with Gasteiger partial charge in [-0.25, -0.2) is 4.98 Å². The zero-order valence-electron chi connectivity index (χ0n) is 11.2. The molecule has 108 valence electrons. The molecule has 0 saturated heterocycles. The average molecular weight is 364 g/mol. The van der Waals surface area contributed by atoms with Crippen LogP contribution in [0.4, 0.5) is 0 Å². The van der Waals surface area contributed by atoms with E-state index in [4.69, 9.17) is 4.74 Å². The first-order valence-electron chi connectivity index (χ1n) is 6.65. The Morgan fingerprint density at radius 3 is 2.86 bits per heavy atom. The van der Waals surface area contributed by atoms with Crippen LogP contribution in [-0.4, -0.2) is 15.1 Å². The Morgan fingerprint density at radius 1 is 1.19 bits per heavy atom. The van der Waals surface area contributed by atoms with E-state index in [-0.39, 0.29) is 10.8 Å². The molecular weight excluding hydrogens is 350 g/mol. The zero-order chi connectivity index (χ0) is 14.7. The summed E-state index contributed by atoms with van der Waals surface area (Å²) in [6.07, 6.45) is 1.67. The molecule has 1 N–H and O–H groups in total. The van der Waals surface area contributed by atoms with Crippen molar-refractivity contribution in [1.82, 2.24) is 4.98 Å². The summed E-state index contributed by atoms with van der Waals surface area (Å²) in [5.41, 5.74) is 1.05. The van der Waals surface area contributed by atoms with Crippen LogP contribution in [0.1, 0.15) is 11.4 Å². The molecule has 0 radical (unpaired) electrons. The van der Waals surface area contributed by atoms with E-state index in [1.54, 1.807) is 29.5 Å². The van der Waals surface area contributed by atoms with Gasteiger partial charge in [-0.15, -0.1) is 11.3 Å². The number of phenolic OH excluding ortho intramolecular Hbond substituents is 1. The fourth-order valence-corrected chi connectivity index (χ4v) is 3.45. The maximum Gasteiger partial charge on any atom is 0.153 e. The predicted molar refractivity (Wildman–Crippen MR) is 89.4 cm³/mol. The Hall–Kier alpha value is -1.59. The Morgan fingerprint density at radius 2 is 2.05 bits per heavy atom. The van der Waals surface area contributed by atoms with Crippen LogP contribution in [0.25, 0.3) is 10.2 Å². The van der Waals surface area contributed by atoms with E-state index in [0.717, 1.165) is 23.4 Å². The van der Waals surface area contributed by atoms with Gasteiger partial charge in [0.05, 0.1) is 15.2 Å². The van der Waals surface area contributed by atoms with Gasteiger partial charge in [0, 0.05) is 18.9 Å². The highest BCUT2D eigenvalue weighted by Crippen LogP contribution is 2.25. The molecule has 2 aromatic carbocycles. The van der Waals surface area contributed by atoms with Crippen molar-refractivity contribution in [1.29, 1.82) is 0 Å². The molecule has 0 spiro atoms. The molecule has 1 aromatic heterocycles. The number of halogens is 1. The predicted octanol–water partition coefficient (Wildman–Crippen LogP) is 4.73. The second-order valence-corrected chi connectivity index (χ2v) is 6.78. The molecule has 0 amide bonds. The van der Waals surface area contributed by atoms with Gasteiger partial charge in [-0.2, -0.15) is 0 Å². The third-order valence-corrected chi connectivity index (χ3v) is 4.75. The van der Waals surface area contributed by atoms with Crippen molar-refractivity contribution < 1.29 is 9.84 Å². The van der Waals surface area contributed by atoms with Crippen molar-refractivity contribution >= 4 is 37.5 Å². The van der Waals surface area contributed by atoms with Crippen molar-refractivity contribution in [2.75, 3.05) is 0 Å². The summed E-state index contributed by atoms with van der Waals surface area (Å²) in [6, 6.07) is 15.0. The fourth-order valence-electron chi connectivity index (χ4n) is 2.03. The highest BCUT2D eigenvalue weighted by atomic mass is 79.9. The highest BCUT2D eigenvalue weighted by Gasteiger charge is 2.09. The second-order valence-electron chi connectivity index (χ2n) is 4.64. The van der Waals surface area contributed by atoms with Crippen LogP contribution in [-0.2, 0) is 6.42 Å². The second kappa shape index (κ2) is 6.45. The van der Waals surface area contributed by atoms with Crippen LogP contribution in [0.2, 0.25) is 0 Å². The van der Waals surface area contributed by atoms with Gasteiger partial charge in [0.15, 0.2) is 5.01 Å². The maximum atomic E-state index is 9.41. The van der Waals surface area contributed by atoms with Crippen LogP contribution in [0.3, 0.4) is 0 Å². The number of para-hydroxylation sites is 1. The number of hydrogen-bond donors (Lipinski definition) is 1. The van der Waals surface area contributed by atoms with Crippen LogP contribution < -0.4 is 4.74 Å². The molecule has 0 aliphatic rings. The number of aromatic nitrogens is 1. The van der Waals surface area contributed by atoms with Crippen molar-refractivity contribution in [2.24, 2.45) is 0 Å². The summed E-state index contributed by atoms with van der Waals surface area (Å²) < 4.78 is 6.94. The maximum absolute atomic E-state index is 9.41. The number of nitrogens with zero attached hydrogens (tertiary/aromatic N) is 1. The van der Waals surface area contributed by atoms with Crippen molar-refractivity contribution in [3.63, 3.8) is 0 Å². The Labute approximate surface area is 135 Å². The number of benzene rings is 2. The summed E-state index contributed by atoms with van der Waals surface area (Å²) in [4.78, 5) is 4.61. The van der Waals surface area contributed by atoms with E-state index in [2.05, 4.69) is 27.0 Å². The average Bonchev–Trinajstić information content (AvgIpc) is 2.88. The Balaban J connectivity index is 1.59. The van der Waals surface area contributed by atoms with E-state index >= 15 is 0 Å². The van der Waals surface area contributed by atoms with Gasteiger partial charge in [0.2, 0.25) is 0 Å². The van der Waals surface area contributed by atoms with E-state index < -0.39 is 0 Å². The van der Waals surface area contributed by atoms with Crippen molar-refractivity contribution in [3.05, 3.63) is 53.5 Å². The third kappa shape index (κ3) is 3.74. The summed E-state index contributed by atoms with van der Waals surface area (Å²) in [6.45, 7) is 0. The molecular formula is C16H14BrNO2S. The van der Waals surface area contributed by atoms with Gasteiger partial charge in [-0.3, -0.25) is 0 Å². The first-order valence-corrected chi connectivity index (χ1v) is 8.38. The quantitative estimate of drug-likeness (QED) is 0.666. The van der Waals surface area contributed by atoms with Crippen molar-refractivity contribution in [3.8, 4) is 11.5 Å². The minimum absolute atomic E-state index is 0.105. The molecule has 0 fully saturated rings. The Bertz CT molecular complexity index is 711.